The van der Waals surface area contributed by atoms with Crippen molar-refractivity contribution in [3.63, 3.8) is 0 Å². The molecule has 0 saturated heterocycles. The predicted octanol–water partition coefficient (Wildman–Crippen LogP) is 4.40. The van der Waals surface area contributed by atoms with Gasteiger partial charge in [-0.25, -0.2) is 0 Å². The first-order valence-electron chi connectivity index (χ1n) is 7.98. The molecule has 4 rings (SSSR count). The van der Waals surface area contributed by atoms with Gasteiger partial charge in [-0.1, -0.05) is 59.9 Å². The molecule has 3 aromatic rings. The average molecular weight is 348 g/mol. The van der Waals surface area contributed by atoms with E-state index in [1.54, 1.807) is 0 Å². The van der Waals surface area contributed by atoms with Crippen molar-refractivity contribution in [2.45, 2.75) is 13.3 Å². The molecule has 0 bridgehead atoms. The van der Waals surface area contributed by atoms with Crippen LogP contribution < -0.4 is 4.87 Å². The third-order valence-electron chi connectivity index (χ3n) is 4.25. The normalized spacial score (nSPS) is 15.0. The van der Waals surface area contributed by atoms with Crippen molar-refractivity contribution >= 4 is 33.9 Å². The van der Waals surface area contributed by atoms with Gasteiger partial charge in [0, 0.05) is 16.8 Å². The van der Waals surface area contributed by atoms with E-state index in [0.717, 1.165) is 45.0 Å². The lowest BCUT2D eigenvalue weighted by Crippen LogP contribution is -1.99. The molecule has 1 aliphatic heterocycles. The number of nitrogens with zero attached hydrogens (tertiary/aromatic N) is 1. The van der Waals surface area contributed by atoms with E-state index >= 15 is 0 Å². The second-order valence-electron chi connectivity index (χ2n) is 5.92. The number of nitrogens with one attached hydrogen (secondary N) is 1. The highest BCUT2D eigenvalue weighted by atomic mass is 32.1. The summed E-state index contributed by atoms with van der Waals surface area (Å²) >= 11 is 1.03. The average Bonchev–Trinajstić information content (AvgIpc) is 3.12. The first-order chi connectivity index (χ1) is 12.1. The van der Waals surface area contributed by atoms with Crippen molar-refractivity contribution in [1.29, 1.82) is 0 Å². The molecule has 124 valence electrons. The molecule has 1 aromatic heterocycles. The van der Waals surface area contributed by atoms with E-state index in [1.807, 2.05) is 61.5 Å². The number of thiazole rings is 1. The zero-order valence-electron chi connectivity index (χ0n) is 13.6. The summed E-state index contributed by atoms with van der Waals surface area (Å²) in [6.07, 6.45) is 0.610. The summed E-state index contributed by atoms with van der Waals surface area (Å²) in [7, 11) is 0. The SMILES string of the molecule is CC1=Nc2ccccc2C1=C(Cc1ccccc1)c1sc(=O)[nH]c1O. The summed E-state index contributed by atoms with van der Waals surface area (Å²) in [4.78, 5) is 19.2. The van der Waals surface area contributed by atoms with Crippen LogP contribution in [0.5, 0.6) is 5.88 Å². The van der Waals surface area contributed by atoms with E-state index in [9.17, 15) is 9.90 Å². The summed E-state index contributed by atoms with van der Waals surface area (Å²) in [5, 5.41) is 10.3. The van der Waals surface area contributed by atoms with Crippen LogP contribution in [0.15, 0.2) is 64.4 Å². The summed E-state index contributed by atoms with van der Waals surface area (Å²) < 4.78 is 0. The molecule has 0 amide bonds. The quantitative estimate of drug-likeness (QED) is 0.737. The third kappa shape index (κ3) is 2.83. The van der Waals surface area contributed by atoms with E-state index in [-0.39, 0.29) is 10.8 Å². The fraction of sp³-hybridized carbons (Fsp3) is 0.100. The largest absolute Gasteiger partial charge is 0.493 e. The number of allylic oxidation sites excluding steroid dienone is 2. The van der Waals surface area contributed by atoms with Crippen molar-refractivity contribution < 1.29 is 5.11 Å². The molecule has 2 heterocycles. The minimum atomic E-state index is -0.264. The van der Waals surface area contributed by atoms with E-state index in [2.05, 4.69) is 9.98 Å². The van der Waals surface area contributed by atoms with Crippen molar-refractivity contribution in [3.8, 4) is 5.88 Å². The highest BCUT2D eigenvalue weighted by molar-refractivity contribution is 7.10. The second-order valence-corrected chi connectivity index (χ2v) is 6.91. The van der Waals surface area contributed by atoms with Crippen LogP contribution in [0, 0.1) is 0 Å². The molecule has 2 aromatic carbocycles. The van der Waals surface area contributed by atoms with Crippen molar-refractivity contribution in [2.24, 2.45) is 4.99 Å². The van der Waals surface area contributed by atoms with Crippen LogP contribution >= 0.6 is 11.3 Å². The maximum absolute atomic E-state index is 11.8. The summed E-state index contributed by atoms with van der Waals surface area (Å²) in [5.41, 5.74) is 5.87. The van der Waals surface area contributed by atoms with E-state index in [0.29, 0.717) is 11.3 Å². The maximum Gasteiger partial charge on any atom is 0.307 e. The smallest absolute Gasteiger partial charge is 0.307 e. The number of hydrogen-bond acceptors (Lipinski definition) is 4. The van der Waals surface area contributed by atoms with Crippen LogP contribution in [0.4, 0.5) is 5.69 Å². The zero-order valence-corrected chi connectivity index (χ0v) is 14.4. The predicted molar refractivity (Wildman–Crippen MR) is 103 cm³/mol. The molecule has 0 unspecified atom stereocenters. The number of benzene rings is 2. The topological polar surface area (TPSA) is 65.5 Å². The molecule has 0 saturated carbocycles. The maximum atomic E-state index is 11.8. The molecule has 2 N–H and O–H groups in total. The first-order valence-corrected chi connectivity index (χ1v) is 8.79. The fourth-order valence-corrected chi connectivity index (χ4v) is 3.98. The number of H-pyrrole nitrogens is 1. The van der Waals surface area contributed by atoms with Gasteiger partial charge in [-0.3, -0.25) is 14.8 Å². The standard InChI is InChI=1S/C20H16N2O2S/c1-12-17(14-9-5-6-10-16(14)21-12)15(11-13-7-3-2-4-8-13)18-19(23)22-20(24)25-18/h2-10,23H,11H2,1H3,(H,22,24). The molecular formula is C20H16N2O2S. The third-order valence-corrected chi connectivity index (χ3v) is 5.18. The van der Waals surface area contributed by atoms with Gasteiger partial charge in [0.15, 0.2) is 0 Å². The Morgan fingerprint density at radius 2 is 1.84 bits per heavy atom. The second kappa shape index (κ2) is 6.18. The minimum Gasteiger partial charge on any atom is -0.493 e. The lowest BCUT2D eigenvalue weighted by atomic mass is 9.92. The fourth-order valence-electron chi connectivity index (χ4n) is 3.20. The van der Waals surface area contributed by atoms with E-state index in [4.69, 9.17) is 0 Å². The van der Waals surface area contributed by atoms with Gasteiger partial charge in [-0.05, 0) is 30.5 Å². The Morgan fingerprint density at radius 3 is 2.56 bits per heavy atom. The van der Waals surface area contributed by atoms with Gasteiger partial charge >= 0.3 is 4.87 Å². The Morgan fingerprint density at radius 1 is 1.12 bits per heavy atom. The van der Waals surface area contributed by atoms with Crippen LogP contribution in [0.2, 0.25) is 0 Å². The molecule has 0 aliphatic carbocycles. The molecule has 5 heteroatoms. The van der Waals surface area contributed by atoms with Gasteiger partial charge in [-0.2, -0.15) is 0 Å². The number of rotatable bonds is 3. The van der Waals surface area contributed by atoms with Crippen LogP contribution in [0.1, 0.15) is 22.9 Å². The molecule has 0 atom stereocenters. The number of aromatic hydroxyl groups is 1. The van der Waals surface area contributed by atoms with Crippen LogP contribution in [0.3, 0.4) is 0 Å². The molecule has 4 nitrogen and oxygen atoms in total. The highest BCUT2D eigenvalue weighted by Gasteiger charge is 2.25. The Balaban J connectivity index is 1.97. The minimum absolute atomic E-state index is 0.0781. The molecule has 25 heavy (non-hydrogen) atoms. The van der Waals surface area contributed by atoms with Crippen LogP contribution in [-0.2, 0) is 6.42 Å². The Hall–Kier alpha value is -2.92. The van der Waals surface area contributed by atoms with Crippen LogP contribution in [0.25, 0.3) is 11.1 Å². The number of hydrogen-bond donors (Lipinski definition) is 2. The van der Waals surface area contributed by atoms with Crippen molar-refractivity contribution in [3.05, 3.63) is 80.3 Å². The molecule has 0 spiro atoms. The molecule has 0 radical (unpaired) electrons. The Kier molecular flexibility index (Phi) is 3.86. The molecule has 1 aliphatic rings. The number of aliphatic imine (C=N–C) groups is 1. The highest BCUT2D eigenvalue weighted by Crippen LogP contribution is 2.42. The Bertz CT molecular complexity index is 1060. The van der Waals surface area contributed by atoms with Gasteiger partial charge in [0.05, 0.1) is 10.6 Å². The summed E-state index contributed by atoms with van der Waals surface area (Å²) in [5.74, 6) is -0.0781. The van der Waals surface area contributed by atoms with Crippen LogP contribution in [-0.4, -0.2) is 15.8 Å². The number of fused-ring (bicyclic) bond motifs is 1. The first kappa shape index (κ1) is 15.6. The molecule has 0 fully saturated rings. The van der Waals surface area contributed by atoms with E-state index in [1.165, 1.54) is 0 Å². The summed E-state index contributed by atoms with van der Waals surface area (Å²) in [6.45, 7) is 1.97. The van der Waals surface area contributed by atoms with Gasteiger partial charge in [-0.15, -0.1) is 0 Å². The molecular weight excluding hydrogens is 332 g/mol. The van der Waals surface area contributed by atoms with Gasteiger partial charge in [0.25, 0.3) is 0 Å². The number of aromatic amines is 1. The number of aromatic nitrogens is 1. The lowest BCUT2D eigenvalue weighted by Gasteiger charge is -2.12. The monoisotopic (exact) mass is 348 g/mol. The lowest BCUT2D eigenvalue weighted by molar-refractivity contribution is 0.454. The number of para-hydroxylation sites is 1. The van der Waals surface area contributed by atoms with Crippen molar-refractivity contribution in [1.82, 2.24) is 4.98 Å². The van der Waals surface area contributed by atoms with Gasteiger partial charge < -0.3 is 5.11 Å². The summed E-state index contributed by atoms with van der Waals surface area (Å²) in [6, 6.07) is 18.0. The van der Waals surface area contributed by atoms with E-state index < -0.39 is 0 Å². The van der Waals surface area contributed by atoms with Gasteiger partial charge in [0.1, 0.15) is 0 Å². The van der Waals surface area contributed by atoms with Crippen molar-refractivity contribution in [2.75, 3.05) is 0 Å². The Labute approximate surface area is 148 Å². The van der Waals surface area contributed by atoms with Gasteiger partial charge in [0.2, 0.25) is 5.88 Å². The zero-order chi connectivity index (χ0) is 17.4.